The highest BCUT2D eigenvalue weighted by Gasteiger charge is 2.21. The van der Waals surface area contributed by atoms with Crippen molar-refractivity contribution in [3.05, 3.63) is 65.7 Å². The number of rotatable bonds is 6. The summed E-state index contributed by atoms with van der Waals surface area (Å²) in [7, 11) is 1.69. The molecule has 1 atom stereocenters. The molecule has 0 N–H and O–H groups in total. The highest BCUT2D eigenvalue weighted by atomic mass is 16.5. The van der Waals surface area contributed by atoms with Gasteiger partial charge in [-0.1, -0.05) is 49.4 Å². The summed E-state index contributed by atoms with van der Waals surface area (Å²) in [4.78, 5) is 17.3. The van der Waals surface area contributed by atoms with Gasteiger partial charge in [-0.2, -0.15) is 0 Å². The standard InChI is InChI=1S/C23H30N2O2/c1-19(21-7-4-3-5-8-21)17-23(26)25-14-6-13-24(15-16-25)18-20-9-11-22(27-2)12-10-20/h3-5,7-12,19H,6,13-18H2,1-2H3. The topological polar surface area (TPSA) is 32.8 Å². The molecule has 3 rings (SSSR count). The number of methoxy groups -OCH3 is 1. The molecule has 1 saturated heterocycles. The molecule has 2 aromatic rings. The molecular formula is C23H30N2O2. The summed E-state index contributed by atoms with van der Waals surface area (Å²) in [5.74, 6) is 1.42. The van der Waals surface area contributed by atoms with Crippen molar-refractivity contribution in [1.29, 1.82) is 0 Å². The van der Waals surface area contributed by atoms with Gasteiger partial charge in [-0.15, -0.1) is 0 Å². The Hall–Kier alpha value is -2.33. The fraction of sp³-hybridized carbons (Fsp3) is 0.435. The third kappa shape index (κ3) is 5.57. The van der Waals surface area contributed by atoms with E-state index in [1.807, 2.05) is 35.2 Å². The third-order valence-corrected chi connectivity index (χ3v) is 5.36. The molecule has 27 heavy (non-hydrogen) atoms. The first kappa shape index (κ1) is 19.4. The molecule has 2 aromatic carbocycles. The Bertz CT molecular complexity index is 715. The lowest BCUT2D eigenvalue weighted by Crippen LogP contribution is -2.35. The number of benzene rings is 2. The van der Waals surface area contributed by atoms with Crippen LogP contribution in [0.15, 0.2) is 54.6 Å². The van der Waals surface area contributed by atoms with Crippen LogP contribution in [-0.2, 0) is 11.3 Å². The number of nitrogens with zero attached hydrogens (tertiary/aromatic N) is 2. The minimum absolute atomic E-state index is 0.261. The molecule has 1 amide bonds. The monoisotopic (exact) mass is 366 g/mol. The van der Waals surface area contributed by atoms with E-state index in [0.29, 0.717) is 6.42 Å². The molecule has 4 nitrogen and oxygen atoms in total. The van der Waals surface area contributed by atoms with Gasteiger partial charge in [0.1, 0.15) is 5.75 Å². The van der Waals surface area contributed by atoms with Crippen LogP contribution in [0.25, 0.3) is 0 Å². The van der Waals surface area contributed by atoms with E-state index >= 15 is 0 Å². The average Bonchev–Trinajstić information content (AvgIpc) is 2.95. The van der Waals surface area contributed by atoms with E-state index in [1.165, 1.54) is 11.1 Å². The van der Waals surface area contributed by atoms with Gasteiger partial charge in [0.2, 0.25) is 5.91 Å². The minimum atomic E-state index is 0.261. The Labute approximate surface area is 162 Å². The summed E-state index contributed by atoms with van der Waals surface area (Å²) in [5, 5.41) is 0. The van der Waals surface area contributed by atoms with Gasteiger partial charge in [0, 0.05) is 39.1 Å². The molecule has 0 aliphatic carbocycles. The van der Waals surface area contributed by atoms with Crippen molar-refractivity contribution in [3.63, 3.8) is 0 Å². The van der Waals surface area contributed by atoms with Gasteiger partial charge < -0.3 is 9.64 Å². The van der Waals surface area contributed by atoms with E-state index in [-0.39, 0.29) is 11.8 Å². The molecule has 1 aliphatic heterocycles. The first-order valence-electron chi connectivity index (χ1n) is 9.83. The lowest BCUT2D eigenvalue weighted by atomic mass is 9.97. The van der Waals surface area contributed by atoms with E-state index in [9.17, 15) is 4.79 Å². The van der Waals surface area contributed by atoms with E-state index in [4.69, 9.17) is 4.74 Å². The van der Waals surface area contributed by atoms with Crippen molar-refractivity contribution < 1.29 is 9.53 Å². The van der Waals surface area contributed by atoms with Crippen LogP contribution in [0.5, 0.6) is 5.75 Å². The van der Waals surface area contributed by atoms with E-state index in [2.05, 4.69) is 36.1 Å². The molecule has 1 unspecified atom stereocenters. The van der Waals surface area contributed by atoms with E-state index in [1.54, 1.807) is 7.11 Å². The molecule has 0 spiro atoms. The van der Waals surface area contributed by atoms with E-state index < -0.39 is 0 Å². The normalized spacial score (nSPS) is 16.6. The molecule has 0 aromatic heterocycles. The van der Waals surface area contributed by atoms with Crippen molar-refractivity contribution in [2.45, 2.75) is 32.2 Å². The number of hydrogen-bond acceptors (Lipinski definition) is 3. The largest absolute Gasteiger partial charge is 0.497 e. The molecular weight excluding hydrogens is 336 g/mol. The number of carbonyl (C=O) groups excluding carboxylic acids is 1. The van der Waals surface area contributed by atoms with Crippen LogP contribution in [0.4, 0.5) is 0 Å². The number of amides is 1. The molecule has 0 radical (unpaired) electrons. The Kier molecular flexibility index (Phi) is 6.88. The fourth-order valence-corrected chi connectivity index (χ4v) is 3.66. The minimum Gasteiger partial charge on any atom is -0.497 e. The summed E-state index contributed by atoms with van der Waals surface area (Å²) < 4.78 is 5.23. The van der Waals surface area contributed by atoms with Gasteiger partial charge in [-0.05, 0) is 35.6 Å². The summed E-state index contributed by atoms with van der Waals surface area (Å²) in [6.07, 6.45) is 1.62. The van der Waals surface area contributed by atoms with Crippen molar-refractivity contribution in [3.8, 4) is 5.75 Å². The van der Waals surface area contributed by atoms with Crippen LogP contribution >= 0.6 is 0 Å². The molecule has 4 heteroatoms. The summed E-state index contributed by atoms with van der Waals surface area (Å²) in [5.41, 5.74) is 2.52. The maximum atomic E-state index is 12.8. The number of hydrogen-bond donors (Lipinski definition) is 0. The van der Waals surface area contributed by atoms with Crippen LogP contribution in [0.2, 0.25) is 0 Å². The zero-order chi connectivity index (χ0) is 19.1. The zero-order valence-electron chi connectivity index (χ0n) is 16.4. The molecule has 0 saturated carbocycles. The van der Waals surface area contributed by atoms with Gasteiger partial charge in [-0.3, -0.25) is 9.69 Å². The van der Waals surface area contributed by atoms with Crippen LogP contribution in [0, 0.1) is 0 Å². The van der Waals surface area contributed by atoms with Gasteiger partial charge in [0.25, 0.3) is 0 Å². The predicted octanol–water partition coefficient (Wildman–Crippen LogP) is 3.92. The zero-order valence-corrected chi connectivity index (χ0v) is 16.4. The van der Waals surface area contributed by atoms with E-state index in [0.717, 1.165) is 44.9 Å². The maximum Gasteiger partial charge on any atom is 0.223 e. The van der Waals surface area contributed by atoms with Gasteiger partial charge >= 0.3 is 0 Å². The lowest BCUT2D eigenvalue weighted by molar-refractivity contribution is -0.131. The Morgan fingerprint density at radius 3 is 2.44 bits per heavy atom. The van der Waals surface area contributed by atoms with Gasteiger partial charge in [-0.25, -0.2) is 0 Å². The molecule has 144 valence electrons. The average molecular weight is 367 g/mol. The molecule has 1 aliphatic rings. The summed E-state index contributed by atoms with van der Waals surface area (Å²) in [6, 6.07) is 18.6. The Morgan fingerprint density at radius 2 is 1.74 bits per heavy atom. The highest BCUT2D eigenvalue weighted by molar-refractivity contribution is 5.77. The molecule has 1 heterocycles. The first-order chi connectivity index (χ1) is 13.2. The molecule has 1 fully saturated rings. The second-order valence-corrected chi connectivity index (χ2v) is 7.37. The van der Waals surface area contributed by atoms with Crippen LogP contribution in [-0.4, -0.2) is 49.0 Å². The highest BCUT2D eigenvalue weighted by Crippen LogP contribution is 2.20. The first-order valence-corrected chi connectivity index (χ1v) is 9.83. The summed E-state index contributed by atoms with van der Waals surface area (Å²) >= 11 is 0. The fourth-order valence-electron chi connectivity index (χ4n) is 3.66. The van der Waals surface area contributed by atoms with Crippen molar-refractivity contribution >= 4 is 5.91 Å². The SMILES string of the molecule is COc1ccc(CN2CCCN(C(=O)CC(C)c3ccccc3)CC2)cc1. The van der Waals surface area contributed by atoms with Crippen LogP contribution < -0.4 is 4.74 Å². The summed E-state index contributed by atoms with van der Waals surface area (Å²) in [6.45, 7) is 6.70. The van der Waals surface area contributed by atoms with Gasteiger partial charge in [0.15, 0.2) is 0 Å². The number of carbonyl (C=O) groups is 1. The van der Waals surface area contributed by atoms with Crippen molar-refractivity contribution in [2.24, 2.45) is 0 Å². The van der Waals surface area contributed by atoms with Crippen molar-refractivity contribution in [2.75, 3.05) is 33.3 Å². The predicted molar refractivity (Wildman–Crippen MR) is 109 cm³/mol. The Morgan fingerprint density at radius 1 is 1.00 bits per heavy atom. The quantitative estimate of drug-likeness (QED) is 0.777. The lowest BCUT2D eigenvalue weighted by Gasteiger charge is -2.23. The second kappa shape index (κ2) is 9.56. The maximum absolute atomic E-state index is 12.8. The van der Waals surface area contributed by atoms with Crippen molar-refractivity contribution in [1.82, 2.24) is 9.80 Å². The number of ether oxygens (including phenoxy) is 1. The smallest absolute Gasteiger partial charge is 0.223 e. The molecule has 0 bridgehead atoms. The third-order valence-electron chi connectivity index (χ3n) is 5.36. The van der Waals surface area contributed by atoms with Crippen LogP contribution in [0.1, 0.15) is 36.8 Å². The Balaban J connectivity index is 1.50. The van der Waals surface area contributed by atoms with Gasteiger partial charge in [0.05, 0.1) is 7.11 Å². The van der Waals surface area contributed by atoms with Crippen LogP contribution in [0.3, 0.4) is 0 Å². The second-order valence-electron chi connectivity index (χ2n) is 7.37.